The minimum atomic E-state index is 0.0346. The van der Waals surface area contributed by atoms with E-state index in [4.69, 9.17) is 15.9 Å². The van der Waals surface area contributed by atoms with Gasteiger partial charge in [-0.2, -0.15) is 0 Å². The molecule has 0 saturated heterocycles. The molecule has 1 fully saturated rings. The Bertz CT molecular complexity index is 473. The molecule has 4 heteroatoms. The lowest BCUT2D eigenvalue weighted by atomic mass is 9.75. The molecule has 110 valence electrons. The molecule has 1 aromatic rings. The smallest absolute Gasteiger partial charge is 0.148 e. The van der Waals surface area contributed by atoms with E-state index >= 15 is 0 Å². The average Bonchev–Trinajstić information content (AvgIpc) is 2.38. The lowest BCUT2D eigenvalue weighted by Crippen LogP contribution is -2.36. The first kappa shape index (κ1) is 14.8. The minimum absolute atomic E-state index is 0.0346. The summed E-state index contributed by atoms with van der Waals surface area (Å²) in [5.41, 5.74) is 6.26. The van der Waals surface area contributed by atoms with Crippen molar-refractivity contribution < 1.29 is 4.74 Å². The number of ether oxygens (including phenoxy) is 1. The van der Waals surface area contributed by atoms with Crippen LogP contribution in [0.3, 0.4) is 0 Å². The Kier molecular flexibility index (Phi) is 4.63. The van der Waals surface area contributed by atoms with Crippen LogP contribution < -0.4 is 10.5 Å². The van der Waals surface area contributed by atoms with Gasteiger partial charge in [-0.05, 0) is 36.7 Å². The van der Waals surface area contributed by atoms with Crippen molar-refractivity contribution in [2.24, 2.45) is 23.5 Å². The van der Waals surface area contributed by atoms with Gasteiger partial charge >= 0.3 is 0 Å². The number of nitrogens with one attached hydrogen (secondary N) is 1. The van der Waals surface area contributed by atoms with Crippen molar-refractivity contribution in [2.45, 2.75) is 46.1 Å². The van der Waals surface area contributed by atoms with Gasteiger partial charge in [-0.1, -0.05) is 27.2 Å². The molecule has 3 atom stereocenters. The van der Waals surface area contributed by atoms with Crippen molar-refractivity contribution in [1.82, 2.24) is 4.98 Å². The summed E-state index contributed by atoms with van der Waals surface area (Å²) >= 11 is 0. The van der Waals surface area contributed by atoms with Gasteiger partial charge in [0.05, 0.1) is 11.8 Å². The normalized spacial score (nSPS) is 26.5. The molecular formula is C16H25N3O. The Morgan fingerprint density at radius 3 is 2.85 bits per heavy atom. The summed E-state index contributed by atoms with van der Waals surface area (Å²) in [6.45, 7) is 6.79. The number of hydrogen-bond donors (Lipinski definition) is 2. The minimum Gasteiger partial charge on any atom is -0.488 e. The highest BCUT2D eigenvalue weighted by Crippen LogP contribution is 2.36. The summed E-state index contributed by atoms with van der Waals surface area (Å²) in [7, 11) is 0. The van der Waals surface area contributed by atoms with E-state index in [0.29, 0.717) is 29.1 Å². The first-order valence-corrected chi connectivity index (χ1v) is 7.44. The van der Waals surface area contributed by atoms with E-state index in [1.54, 1.807) is 18.5 Å². The van der Waals surface area contributed by atoms with Crippen LogP contribution in [0.4, 0.5) is 0 Å². The van der Waals surface area contributed by atoms with E-state index in [-0.39, 0.29) is 11.9 Å². The highest BCUT2D eigenvalue weighted by Gasteiger charge is 2.32. The van der Waals surface area contributed by atoms with Crippen molar-refractivity contribution in [3.63, 3.8) is 0 Å². The van der Waals surface area contributed by atoms with Gasteiger partial charge in [0.25, 0.3) is 0 Å². The highest BCUT2D eigenvalue weighted by atomic mass is 16.5. The van der Waals surface area contributed by atoms with E-state index in [2.05, 4.69) is 25.8 Å². The molecule has 2 rings (SSSR count). The molecule has 4 nitrogen and oxygen atoms in total. The Morgan fingerprint density at radius 2 is 2.20 bits per heavy atom. The zero-order valence-electron chi connectivity index (χ0n) is 12.6. The maximum atomic E-state index is 7.64. The molecule has 0 aromatic carbocycles. The number of aromatic nitrogens is 1. The molecule has 0 spiro atoms. The van der Waals surface area contributed by atoms with E-state index < -0.39 is 0 Å². The third kappa shape index (κ3) is 3.30. The van der Waals surface area contributed by atoms with Gasteiger partial charge in [-0.25, -0.2) is 0 Å². The summed E-state index contributed by atoms with van der Waals surface area (Å²) in [5, 5.41) is 7.64. The fourth-order valence-electron chi connectivity index (χ4n) is 3.11. The molecule has 1 heterocycles. The third-order valence-electron chi connectivity index (χ3n) is 4.31. The molecule has 1 aliphatic rings. The predicted octanol–water partition coefficient (Wildman–Crippen LogP) is 3.21. The molecule has 0 bridgehead atoms. The van der Waals surface area contributed by atoms with Crippen LogP contribution in [0.25, 0.3) is 0 Å². The standard InChI is InChI=1S/C16H25N3O/c1-10(2)12-5-4-11(3)8-14(12)20-15-9-19-7-6-13(15)16(17)18/h6-7,9-12,14H,4-5,8H2,1-3H3,(H3,17,18). The van der Waals surface area contributed by atoms with Crippen LogP contribution in [-0.4, -0.2) is 16.9 Å². The Labute approximate surface area is 121 Å². The maximum absolute atomic E-state index is 7.64. The lowest BCUT2D eigenvalue weighted by Gasteiger charge is -2.37. The van der Waals surface area contributed by atoms with Crippen LogP contribution in [0.2, 0.25) is 0 Å². The Balaban J connectivity index is 2.20. The zero-order chi connectivity index (χ0) is 14.7. The SMILES string of the molecule is CC1CCC(C(C)C)C(Oc2cnccc2C(=N)N)C1. The third-order valence-corrected chi connectivity index (χ3v) is 4.31. The summed E-state index contributed by atoms with van der Waals surface area (Å²) in [5.74, 6) is 2.53. The Hall–Kier alpha value is -1.58. The van der Waals surface area contributed by atoms with Crippen LogP contribution in [-0.2, 0) is 0 Å². The van der Waals surface area contributed by atoms with Gasteiger partial charge in [0.15, 0.2) is 0 Å². The van der Waals surface area contributed by atoms with Crippen LogP contribution in [0.15, 0.2) is 18.5 Å². The van der Waals surface area contributed by atoms with Gasteiger partial charge in [-0.15, -0.1) is 0 Å². The number of amidine groups is 1. The van der Waals surface area contributed by atoms with Crippen molar-refractivity contribution in [3.05, 3.63) is 24.0 Å². The second-order valence-electron chi connectivity index (χ2n) is 6.27. The summed E-state index contributed by atoms with van der Waals surface area (Å²) < 4.78 is 6.21. The number of rotatable bonds is 4. The largest absolute Gasteiger partial charge is 0.488 e. The van der Waals surface area contributed by atoms with E-state index in [9.17, 15) is 0 Å². The first-order valence-electron chi connectivity index (χ1n) is 7.44. The van der Waals surface area contributed by atoms with Crippen molar-refractivity contribution >= 4 is 5.84 Å². The molecule has 1 aromatic heterocycles. The van der Waals surface area contributed by atoms with Crippen LogP contribution >= 0.6 is 0 Å². The average molecular weight is 275 g/mol. The fourth-order valence-corrected chi connectivity index (χ4v) is 3.11. The van der Waals surface area contributed by atoms with Crippen LogP contribution in [0, 0.1) is 23.2 Å². The quantitative estimate of drug-likeness (QED) is 0.654. The molecule has 0 radical (unpaired) electrons. The maximum Gasteiger partial charge on any atom is 0.148 e. The Morgan fingerprint density at radius 1 is 1.45 bits per heavy atom. The predicted molar refractivity (Wildman–Crippen MR) is 81.0 cm³/mol. The van der Waals surface area contributed by atoms with E-state index in [0.717, 1.165) is 6.42 Å². The van der Waals surface area contributed by atoms with Crippen molar-refractivity contribution in [3.8, 4) is 5.75 Å². The lowest BCUT2D eigenvalue weighted by molar-refractivity contribution is 0.0456. The monoisotopic (exact) mass is 275 g/mol. The fraction of sp³-hybridized carbons (Fsp3) is 0.625. The second-order valence-corrected chi connectivity index (χ2v) is 6.27. The second kappa shape index (κ2) is 6.25. The van der Waals surface area contributed by atoms with E-state index in [1.165, 1.54) is 12.8 Å². The van der Waals surface area contributed by atoms with Crippen molar-refractivity contribution in [1.29, 1.82) is 5.41 Å². The summed E-state index contributed by atoms with van der Waals surface area (Å²) in [6.07, 6.45) is 7.06. The number of nitrogens with zero attached hydrogens (tertiary/aromatic N) is 1. The van der Waals surface area contributed by atoms with E-state index in [1.807, 2.05) is 0 Å². The van der Waals surface area contributed by atoms with Crippen LogP contribution in [0.5, 0.6) is 5.75 Å². The molecule has 1 saturated carbocycles. The van der Waals surface area contributed by atoms with Gasteiger partial charge in [0.1, 0.15) is 17.7 Å². The number of pyridine rings is 1. The molecule has 0 aliphatic heterocycles. The van der Waals surface area contributed by atoms with Gasteiger partial charge in [-0.3, -0.25) is 10.4 Å². The zero-order valence-corrected chi connectivity index (χ0v) is 12.6. The topological polar surface area (TPSA) is 72.0 Å². The number of nitrogens with two attached hydrogens (primary N) is 1. The molecule has 3 unspecified atom stereocenters. The molecular weight excluding hydrogens is 250 g/mol. The van der Waals surface area contributed by atoms with Gasteiger partial charge in [0, 0.05) is 6.20 Å². The molecule has 3 N–H and O–H groups in total. The first-order chi connectivity index (χ1) is 9.49. The highest BCUT2D eigenvalue weighted by molar-refractivity contribution is 5.97. The molecule has 1 aliphatic carbocycles. The van der Waals surface area contributed by atoms with Crippen LogP contribution in [0.1, 0.15) is 45.6 Å². The van der Waals surface area contributed by atoms with Crippen molar-refractivity contribution in [2.75, 3.05) is 0 Å². The molecule has 20 heavy (non-hydrogen) atoms. The molecule has 0 amide bonds. The van der Waals surface area contributed by atoms with Gasteiger partial charge < -0.3 is 10.5 Å². The van der Waals surface area contributed by atoms with Gasteiger partial charge in [0.2, 0.25) is 0 Å². The number of hydrogen-bond acceptors (Lipinski definition) is 3. The summed E-state index contributed by atoms with van der Waals surface area (Å²) in [4.78, 5) is 4.10. The number of nitrogen functional groups attached to an aromatic ring is 1. The summed E-state index contributed by atoms with van der Waals surface area (Å²) in [6, 6.07) is 1.74.